The monoisotopic (exact) mass is 331 g/mol. The van der Waals surface area contributed by atoms with Crippen molar-refractivity contribution in [1.29, 1.82) is 0 Å². The Bertz CT molecular complexity index is 595. The lowest BCUT2D eigenvalue weighted by Crippen LogP contribution is -2.34. The summed E-state index contributed by atoms with van der Waals surface area (Å²) in [7, 11) is 0. The van der Waals surface area contributed by atoms with Crippen LogP contribution >= 0.6 is 15.9 Å². The molecule has 1 unspecified atom stereocenters. The third-order valence-corrected chi connectivity index (χ3v) is 3.79. The average molecular weight is 332 g/mol. The Balaban J connectivity index is 2.00. The molecule has 2 aromatic rings. The van der Waals surface area contributed by atoms with Crippen molar-refractivity contribution < 1.29 is 4.79 Å². The molecule has 2 aromatic carbocycles. The summed E-state index contributed by atoms with van der Waals surface area (Å²) < 4.78 is 0.835. The Morgan fingerprint density at radius 2 is 1.90 bits per heavy atom. The zero-order valence-electron chi connectivity index (χ0n) is 11.7. The number of hydrogen-bond donors (Lipinski definition) is 1. The molecule has 0 fully saturated rings. The van der Waals surface area contributed by atoms with Crippen LogP contribution in [-0.4, -0.2) is 11.9 Å². The van der Waals surface area contributed by atoms with Gasteiger partial charge in [-0.2, -0.15) is 0 Å². The number of carbonyl (C=O) groups is 1. The summed E-state index contributed by atoms with van der Waals surface area (Å²) >= 11 is 3.44. The van der Waals surface area contributed by atoms with Crippen LogP contribution in [0.3, 0.4) is 0 Å². The van der Waals surface area contributed by atoms with Crippen molar-refractivity contribution in [1.82, 2.24) is 5.32 Å². The first kappa shape index (κ1) is 14.8. The van der Waals surface area contributed by atoms with Gasteiger partial charge < -0.3 is 5.32 Å². The van der Waals surface area contributed by atoms with Crippen LogP contribution in [0.2, 0.25) is 0 Å². The zero-order chi connectivity index (χ0) is 14.5. The van der Waals surface area contributed by atoms with Crippen molar-refractivity contribution in [2.45, 2.75) is 26.3 Å². The highest BCUT2D eigenvalue weighted by atomic mass is 79.9. The topological polar surface area (TPSA) is 29.1 Å². The maximum Gasteiger partial charge on any atom is 0.252 e. The fourth-order valence-corrected chi connectivity index (χ4v) is 2.80. The number of benzene rings is 2. The molecule has 0 radical (unpaired) electrons. The van der Waals surface area contributed by atoms with Gasteiger partial charge in [0.2, 0.25) is 0 Å². The summed E-state index contributed by atoms with van der Waals surface area (Å²) in [5, 5.41) is 3.04. The van der Waals surface area contributed by atoms with E-state index in [2.05, 4.69) is 33.4 Å². The van der Waals surface area contributed by atoms with E-state index in [1.807, 2.05) is 50.2 Å². The molecule has 20 heavy (non-hydrogen) atoms. The van der Waals surface area contributed by atoms with Crippen molar-refractivity contribution in [2.75, 3.05) is 0 Å². The fraction of sp³-hybridized carbons (Fsp3) is 0.235. The van der Waals surface area contributed by atoms with E-state index in [4.69, 9.17) is 0 Å². The van der Waals surface area contributed by atoms with Crippen molar-refractivity contribution >= 4 is 21.8 Å². The SMILES string of the molecule is Cc1ccc(C(=O)NC(C)Cc2ccccc2)c(Br)c1. The molecule has 0 aliphatic heterocycles. The maximum absolute atomic E-state index is 12.2. The van der Waals surface area contributed by atoms with E-state index in [0.717, 1.165) is 16.5 Å². The van der Waals surface area contributed by atoms with E-state index in [9.17, 15) is 4.79 Å². The standard InChI is InChI=1S/C17H18BrNO/c1-12-8-9-15(16(18)10-12)17(20)19-13(2)11-14-6-4-3-5-7-14/h3-10,13H,11H2,1-2H3,(H,19,20). The number of carbonyl (C=O) groups excluding carboxylic acids is 1. The normalized spacial score (nSPS) is 11.9. The van der Waals surface area contributed by atoms with Crippen LogP contribution in [0.1, 0.15) is 28.4 Å². The Hall–Kier alpha value is -1.61. The molecule has 2 rings (SSSR count). The van der Waals surface area contributed by atoms with E-state index >= 15 is 0 Å². The number of nitrogens with one attached hydrogen (secondary N) is 1. The minimum Gasteiger partial charge on any atom is -0.349 e. The van der Waals surface area contributed by atoms with Crippen molar-refractivity contribution in [3.05, 3.63) is 69.7 Å². The second-order valence-electron chi connectivity index (χ2n) is 5.05. The van der Waals surface area contributed by atoms with Crippen LogP contribution in [-0.2, 0) is 6.42 Å². The first-order chi connectivity index (χ1) is 9.56. The molecule has 0 saturated heterocycles. The molecule has 2 nitrogen and oxygen atoms in total. The Labute approximate surface area is 128 Å². The fourth-order valence-electron chi connectivity index (χ4n) is 2.12. The lowest BCUT2D eigenvalue weighted by atomic mass is 10.1. The predicted octanol–water partition coefficient (Wildman–Crippen LogP) is 4.12. The lowest BCUT2D eigenvalue weighted by molar-refractivity contribution is 0.0939. The summed E-state index contributed by atoms with van der Waals surface area (Å²) in [5.41, 5.74) is 3.03. The van der Waals surface area contributed by atoms with E-state index < -0.39 is 0 Å². The Morgan fingerprint density at radius 3 is 2.55 bits per heavy atom. The summed E-state index contributed by atoms with van der Waals surface area (Å²) in [5.74, 6) is -0.0414. The molecule has 0 bridgehead atoms. The van der Waals surface area contributed by atoms with Crippen molar-refractivity contribution in [2.24, 2.45) is 0 Å². The van der Waals surface area contributed by atoms with E-state index in [-0.39, 0.29) is 11.9 Å². The molecule has 1 amide bonds. The molecule has 0 aliphatic carbocycles. The second-order valence-corrected chi connectivity index (χ2v) is 5.90. The van der Waals surface area contributed by atoms with Gasteiger partial charge in [0, 0.05) is 10.5 Å². The van der Waals surface area contributed by atoms with Gasteiger partial charge in [-0.15, -0.1) is 0 Å². The van der Waals surface area contributed by atoms with Crippen LogP contribution in [0, 0.1) is 6.92 Å². The van der Waals surface area contributed by atoms with Gasteiger partial charge in [0.05, 0.1) is 5.56 Å². The van der Waals surface area contributed by atoms with E-state index in [1.54, 1.807) is 0 Å². The molecule has 0 heterocycles. The van der Waals surface area contributed by atoms with Crippen LogP contribution in [0.25, 0.3) is 0 Å². The van der Waals surface area contributed by atoms with Gasteiger partial charge >= 0.3 is 0 Å². The van der Waals surface area contributed by atoms with Crippen molar-refractivity contribution in [3.63, 3.8) is 0 Å². The molecule has 0 aromatic heterocycles. The van der Waals surface area contributed by atoms with Crippen molar-refractivity contribution in [3.8, 4) is 0 Å². The third kappa shape index (κ3) is 3.94. The molecule has 104 valence electrons. The summed E-state index contributed by atoms with van der Waals surface area (Å²) in [4.78, 5) is 12.2. The molecular weight excluding hydrogens is 314 g/mol. The number of hydrogen-bond acceptors (Lipinski definition) is 1. The van der Waals surface area contributed by atoms with Crippen LogP contribution in [0.5, 0.6) is 0 Å². The van der Waals surface area contributed by atoms with Gasteiger partial charge in [0.1, 0.15) is 0 Å². The van der Waals surface area contributed by atoms with Gasteiger partial charge in [0.15, 0.2) is 0 Å². The van der Waals surface area contributed by atoms with E-state index in [1.165, 1.54) is 5.56 Å². The van der Waals surface area contributed by atoms with Gasteiger partial charge in [-0.1, -0.05) is 36.4 Å². The highest BCUT2D eigenvalue weighted by Gasteiger charge is 2.13. The third-order valence-electron chi connectivity index (χ3n) is 3.13. The number of halogens is 1. The molecule has 0 spiro atoms. The van der Waals surface area contributed by atoms with Crippen LogP contribution in [0.15, 0.2) is 53.0 Å². The lowest BCUT2D eigenvalue weighted by Gasteiger charge is -2.15. The average Bonchev–Trinajstić information content (AvgIpc) is 2.39. The highest BCUT2D eigenvalue weighted by Crippen LogP contribution is 2.18. The maximum atomic E-state index is 12.2. The molecule has 0 saturated carbocycles. The summed E-state index contributed by atoms with van der Waals surface area (Å²) in [6, 6.07) is 16.0. The predicted molar refractivity (Wildman–Crippen MR) is 86.0 cm³/mol. The van der Waals surface area contributed by atoms with Gasteiger partial charge in [0.25, 0.3) is 5.91 Å². The summed E-state index contributed by atoms with van der Waals surface area (Å²) in [6.45, 7) is 4.03. The number of amides is 1. The smallest absolute Gasteiger partial charge is 0.252 e. The first-order valence-corrected chi connectivity index (χ1v) is 7.46. The minimum absolute atomic E-state index is 0.0414. The van der Waals surface area contributed by atoms with E-state index in [0.29, 0.717) is 5.56 Å². The summed E-state index contributed by atoms with van der Waals surface area (Å²) in [6.07, 6.45) is 0.829. The van der Waals surface area contributed by atoms with Gasteiger partial charge in [-0.25, -0.2) is 0 Å². The zero-order valence-corrected chi connectivity index (χ0v) is 13.3. The second kappa shape index (κ2) is 6.71. The molecule has 1 N–H and O–H groups in total. The molecule has 3 heteroatoms. The Morgan fingerprint density at radius 1 is 1.20 bits per heavy atom. The van der Waals surface area contributed by atoms with Gasteiger partial charge in [-0.05, 0) is 59.5 Å². The first-order valence-electron chi connectivity index (χ1n) is 6.67. The molecule has 1 atom stereocenters. The number of rotatable bonds is 4. The highest BCUT2D eigenvalue weighted by molar-refractivity contribution is 9.10. The van der Waals surface area contributed by atoms with Crippen LogP contribution in [0.4, 0.5) is 0 Å². The van der Waals surface area contributed by atoms with Gasteiger partial charge in [-0.3, -0.25) is 4.79 Å². The Kier molecular flexibility index (Phi) is 4.96. The molecular formula is C17H18BrNO. The van der Waals surface area contributed by atoms with Crippen LogP contribution < -0.4 is 5.32 Å². The largest absolute Gasteiger partial charge is 0.349 e. The number of aryl methyl sites for hydroxylation is 1. The molecule has 0 aliphatic rings. The minimum atomic E-state index is -0.0414. The quantitative estimate of drug-likeness (QED) is 0.897.